The minimum atomic E-state index is -0.701. The second-order valence-electron chi connectivity index (χ2n) is 25.6. The highest BCUT2D eigenvalue weighted by molar-refractivity contribution is 5.94. The minimum absolute atomic E-state index is 0.0126. The van der Waals surface area contributed by atoms with E-state index in [9.17, 15) is 51.1 Å². The van der Waals surface area contributed by atoms with Gasteiger partial charge in [0, 0.05) is 87.2 Å². The number of nitrogens with zero attached hydrogens (tertiary/aromatic N) is 11. The molecule has 3 N–H and O–H groups in total. The number of rotatable bonds is 13. The van der Waals surface area contributed by atoms with Crippen molar-refractivity contribution in [3.63, 3.8) is 0 Å². The molecule has 12 aromatic rings. The molecule has 0 atom stereocenters. The molecule has 15 rings (SSSR count). The lowest BCUT2D eigenvalue weighted by molar-refractivity contribution is 0.0909. The van der Waals surface area contributed by atoms with Crippen molar-refractivity contribution < 1.29 is 31.9 Å². The monoisotopic (exact) mass is 1340 g/mol. The van der Waals surface area contributed by atoms with Crippen LogP contribution >= 0.6 is 0 Å². The van der Waals surface area contributed by atoms with Gasteiger partial charge in [0.25, 0.3) is 22.9 Å². The number of amides is 2. The average molecular weight is 1340 g/mol. The molecule has 25 heteroatoms. The van der Waals surface area contributed by atoms with Crippen molar-refractivity contribution in [1.82, 2.24) is 67.9 Å². The summed E-state index contributed by atoms with van der Waals surface area (Å²) in [5, 5.41) is 9.33. The van der Waals surface area contributed by atoms with E-state index < -0.39 is 63.8 Å². The number of aromatic nitrogens is 10. The predicted octanol–water partition coefficient (Wildman–Crippen LogP) is 9.94. The molecule has 2 aliphatic carbocycles. The molecule has 1 aliphatic heterocycles. The van der Waals surface area contributed by atoms with E-state index >= 15 is 0 Å². The SMILES string of the molecule is Cc1cc(-c2ccc(C=O)cc2)cc(-n2c(=O)n([C@H]3CC[C@@H](NC(=O)c4cn5cc(F)ccc5n4)CC3)c(=O)c3cc(F)cnc32)c1.Cc1cc(-c2ccc(CN3CCNCC3)cc2)cc(-n2c(=O)n([C@H]3CC[C@@H](NC(=O)c4cn5cc(F)ccc5n4)CC3)c(=O)c3cc(F)cnc32)c1. The summed E-state index contributed by atoms with van der Waals surface area (Å²) < 4.78 is 64.3. The molecule has 21 nitrogen and oxygen atoms in total. The normalized spacial score (nSPS) is 17.4. The Morgan fingerprint density at radius 1 is 0.515 bits per heavy atom. The Labute approximate surface area is 561 Å². The van der Waals surface area contributed by atoms with E-state index in [0.717, 1.165) is 96.9 Å². The molecular formula is C74H66F4N14O7. The van der Waals surface area contributed by atoms with Gasteiger partial charge in [0.15, 0.2) is 11.3 Å². The largest absolute Gasteiger partial charge is 0.348 e. The predicted molar refractivity (Wildman–Crippen MR) is 365 cm³/mol. The number of carbonyl (C=O) groups is 3. The van der Waals surface area contributed by atoms with Gasteiger partial charge in [-0.05, 0) is 165 Å². The first kappa shape index (κ1) is 65.0. The van der Waals surface area contributed by atoms with Crippen molar-refractivity contribution in [2.24, 2.45) is 0 Å². The number of imidazole rings is 2. The van der Waals surface area contributed by atoms with E-state index in [1.54, 1.807) is 24.3 Å². The van der Waals surface area contributed by atoms with Crippen molar-refractivity contribution in [2.75, 3.05) is 26.2 Å². The maximum atomic E-state index is 14.6. The molecular weight excluding hydrogens is 1270 g/mol. The Morgan fingerprint density at radius 2 is 0.949 bits per heavy atom. The molecule has 4 aromatic carbocycles. The van der Waals surface area contributed by atoms with Crippen LogP contribution in [-0.2, 0) is 6.54 Å². The third kappa shape index (κ3) is 13.5. The molecule has 9 heterocycles. The summed E-state index contributed by atoms with van der Waals surface area (Å²) in [7, 11) is 0. The number of piperazine rings is 1. The van der Waals surface area contributed by atoms with Crippen LogP contribution < -0.4 is 38.4 Å². The van der Waals surface area contributed by atoms with Crippen LogP contribution in [0.1, 0.15) is 111 Å². The van der Waals surface area contributed by atoms with Gasteiger partial charge in [0.2, 0.25) is 0 Å². The van der Waals surface area contributed by atoms with Crippen LogP contribution in [0.2, 0.25) is 0 Å². The number of fused-ring (bicyclic) bond motifs is 4. The van der Waals surface area contributed by atoms with E-state index in [4.69, 9.17) is 0 Å². The van der Waals surface area contributed by atoms with Crippen LogP contribution in [0.25, 0.3) is 67.0 Å². The molecule has 502 valence electrons. The maximum absolute atomic E-state index is 14.6. The summed E-state index contributed by atoms with van der Waals surface area (Å²) in [6, 6.07) is 33.1. The fourth-order valence-corrected chi connectivity index (χ4v) is 13.9. The number of aryl methyl sites for hydroxylation is 2. The van der Waals surface area contributed by atoms with Crippen LogP contribution in [0, 0.1) is 37.1 Å². The topological polar surface area (TPSA) is 239 Å². The Balaban J connectivity index is 0.000000170. The highest BCUT2D eigenvalue weighted by Crippen LogP contribution is 2.32. The third-order valence-electron chi connectivity index (χ3n) is 18.8. The summed E-state index contributed by atoms with van der Waals surface area (Å²) in [6.45, 7) is 8.70. The van der Waals surface area contributed by atoms with Gasteiger partial charge in [-0.25, -0.2) is 56.2 Å². The van der Waals surface area contributed by atoms with Crippen LogP contribution in [-0.4, -0.2) is 108 Å². The van der Waals surface area contributed by atoms with Gasteiger partial charge < -0.3 is 24.8 Å². The van der Waals surface area contributed by atoms with Gasteiger partial charge in [-0.15, -0.1) is 0 Å². The first-order valence-electron chi connectivity index (χ1n) is 32.8. The van der Waals surface area contributed by atoms with Gasteiger partial charge >= 0.3 is 11.4 Å². The lowest BCUT2D eigenvalue weighted by Gasteiger charge is -2.30. The zero-order chi connectivity index (χ0) is 68.8. The molecule has 0 unspecified atom stereocenters. The van der Waals surface area contributed by atoms with Crippen molar-refractivity contribution in [3.8, 4) is 33.6 Å². The second kappa shape index (κ2) is 27.3. The molecule has 0 bridgehead atoms. The van der Waals surface area contributed by atoms with Crippen LogP contribution in [0.15, 0.2) is 178 Å². The zero-order valence-electron chi connectivity index (χ0n) is 53.9. The highest BCUT2D eigenvalue weighted by atomic mass is 19.1. The molecule has 1 saturated heterocycles. The van der Waals surface area contributed by atoms with Gasteiger partial charge in [0.1, 0.15) is 52.2 Å². The van der Waals surface area contributed by atoms with Crippen molar-refractivity contribution in [1.29, 1.82) is 0 Å². The minimum Gasteiger partial charge on any atom is -0.348 e. The van der Waals surface area contributed by atoms with E-state index in [0.29, 0.717) is 79.6 Å². The number of aldehydes is 1. The van der Waals surface area contributed by atoms with Gasteiger partial charge in [-0.3, -0.25) is 38.0 Å². The van der Waals surface area contributed by atoms with Gasteiger partial charge in [0.05, 0.1) is 34.5 Å². The first-order chi connectivity index (χ1) is 47.9. The van der Waals surface area contributed by atoms with Crippen molar-refractivity contribution in [3.05, 3.63) is 257 Å². The third-order valence-corrected chi connectivity index (χ3v) is 18.8. The standard InChI is InChI=1S/C39H38F2N8O3.C35H28F2N6O4/c1-24-16-27(26-4-2-25(3-5-26)21-46-14-12-42-13-15-46)18-32(17-24)48-36-33(19-29(41)20-43-36)38(51)49(39(48)52)31-9-7-30(8-10-31)44-37(50)34-23-47-22-28(40)6-11-35(47)45-34;1-20-12-23(22-4-2-21(19-44)3-5-22)14-28(13-20)42-32-29(15-25(37)16-38-32)34(46)43(35(42)47)27-9-7-26(8-10-27)39-33(45)30-18-41-17-24(36)6-11-31(41)40-30/h2-6,11,16-20,22-23,30-31,42H,7-10,12-15,21H2,1H3,(H,44,50);2-6,11-19,26-27H,7-10H2,1H3,(H,39,45)/t30-,31+;26-,27+. The number of halogens is 4. The number of hydrogen-bond acceptors (Lipinski definition) is 13. The summed E-state index contributed by atoms with van der Waals surface area (Å²) >= 11 is 0. The Bertz CT molecular complexity index is 5410. The molecule has 0 spiro atoms. The van der Waals surface area contributed by atoms with Crippen LogP contribution in [0.4, 0.5) is 17.6 Å². The number of hydrogen-bond donors (Lipinski definition) is 3. The van der Waals surface area contributed by atoms with Crippen molar-refractivity contribution >= 4 is 51.5 Å². The summed E-state index contributed by atoms with van der Waals surface area (Å²) in [6.07, 6.45) is 11.8. The van der Waals surface area contributed by atoms with Gasteiger partial charge in [-0.1, -0.05) is 60.7 Å². The van der Waals surface area contributed by atoms with E-state index in [1.165, 1.54) is 81.7 Å². The van der Waals surface area contributed by atoms with Crippen molar-refractivity contribution in [2.45, 2.75) is 95.9 Å². The molecule has 0 radical (unpaired) electrons. The second-order valence-corrected chi connectivity index (χ2v) is 25.6. The average Bonchev–Trinajstić information content (AvgIpc) is 1.49. The molecule has 2 amide bonds. The first-order valence-corrected chi connectivity index (χ1v) is 32.8. The fourth-order valence-electron chi connectivity index (χ4n) is 13.9. The molecule has 3 fully saturated rings. The Morgan fingerprint density at radius 3 is 1.38 bits per heavy atom. The molecule has 2 saturated carbocycles. The van der Waals surface area contributed by atoms with E-state index in [-0.39, 0.29) is 51.4 Å². The van der Waals surface area contributed by atoms with E-state index in [1.807, 2.05) is 50.2 Å². The molecule has 99 heavy (non-hydrogen) atoms. The Hall–Kier alpha value is -11.3. The smallest absolute Gasteiger partial charge is 0.337 e. The van der Waals surface area contributed by atoms with Crippen LogP contribution in [0.5, 0.6) is 0 Å². The fraction of sp³-hybridized carbons (Fsp3) is 0.257. The molecule has 3 aliphatic rings. The molecule has 8 aromatic heterocycles. The lowest BCUT2D eigenvalue weighted by atomic mass is 9.90. The highest BCUT2D eigenvalue weighted by Gasteiger charge is 2.31. The summed E-state index contributed by atoms with van der Waals surface area (Å²) in [5.74, 6) is -3.05. The van der Waals surface area contributed by atoms with Crippen LogP contribution in [0.3, 0.4) is 0 Å². The summed E-state index contributed by atoms with van der Waals surface area (Å²) in [4.78, 5) is 113. The Kier molecular flexibility index (Phi) is 17.9. The zero-order valence-corrected chi connectivity index (χ0v) is 53.9. The lowest BCUT2D eigenvalue weighted by Crippen LogP contribution is -2.45. The number of nitrogens with one attached hydrogen (secondary N) is 3. The maximum Gasteiger partial charge on any atom is 0.337 e. The number of pyridine rings is 4. The van der Waals surface area contributed by atoms with Gasteiger partial charge in [-0.2, -0.15) is 0 Å². The number of carbonyl (C=O) groups excluding carboxylic acids is 3. The summed E-state index contributed by atoms with van der Waals surface area (Å²) in [5.41, 5.74) is 6.92. The van der Waals surface area contributed by atoms with E-state index in [2.05, 4.69) is 65.1 Å². The number of benzene rings is 4. The quantitative estimate of drug-likeness (QED) is 0.0720.